The quantitative estimate of drug-likeness (QED) is 0.706. The number of rotatable bonds is 4. The number of nitrogens with one attached hydrogen (secondary N) is 1. The minimum Gasteiger partial charge on any atom is -0.372 e. The Balaban J connectivity index is 1.41. The van der Waals surface area contributed by atoms with E-state index in [4.69, 9.17) is 0 Å². The molecule has 1 amide bonds. The smallest absolute Gasteiger partial charge is 0.275 e. The minimum absolute atomic E-state index is 0.198. The maximum Gasteiger partial charge on any atom is 0.275 e. The van der Waals surface area contributed by atoms with E-state index in [1.54, 1.807) is 11.6 Å². The summed E-state index contributed by atoms with van der Waals surface area (Å²) in [6.07, 6.45) is 6.86. The predicted molar refractivity (Wildman–Crippen MR) is 110 cm³/mol. The van der Waals surface area contributed by atoms with Crippen LogP contribution < -0.4 is 10.2 Å². The molecule has 1 aliphatic rings. The molecule has 6 heteroatoms. The second-order valence-corrected chi connectivity index (χ2v) is 7.51. The van der Waals surface area contributed by atoms with Gasteiger partial charge < -0.3 is 10.2 Å². The van der Waals surface area contributed by atoms with Crippen LogP contribution in [0.15, 0.2) is 54.0 Å². The van der Waals surface area contributed by atoms with Crippen LogP contribution in [0.4, 0.5) is 11.4 Å². The Morgan fingerprint density at radius 1 is 1.00 bits per heavy atom. The molecule has 4 rings (SSSR count). The number of hydrogen-bond acceptors (Lipinski definition) is 5. The summed E-state index contributed by atoms with van der Waals surface area (Å²) in [4.78, 5) is 23.6. The van der Waals surface area contributed by atoms with Crippen molar-refractivity contribution in [3.63, 3.8) is 0 Å². The lowest BCUT2D eigenvalue weighted by Crippen LogP contribution is -2.23. The summed E-state index contributed by atoms with van der Waals surface area (Å²) in [6, 6.07) is 13.8. The van der Waals surface area contributed by atoms with E-state index in [0.29, 0.717) is 5.69 Å². The Bertz CT molecular complexity index is 884. The van der Waals surface area contributed by atoms with E-state index < -0.39 is 0 Å². The maximum atomic E-state index is 12.5. The van der Waals surface area contributed by atoms with Gasteiger partial charge in [0.05, 0.1) is 5.69 Å². The van der Waals surface area contributed by atoms with Crippen LogP contribution in [0.3, 0.4) is 0 Å². The molecule has 5 nitrogen and oxygen atoms in total. The number of amides is 1. The largest absolute Gasteiger partial charge is 0.372 e. The second kappa shape index (κ2) is 8.31. The SMILES string of the molecule is O=C(Nc1ccc(N2CCCCCC2)cc1)c1csc(-c2ccccn2)n1. The molecule has 138 valence electrons. The molecule has 1 N–H and O–H groups in total. The van der Waals surface area contributed by atoms with Gasteiger partial charge in [-0.1, -0.05) is 18.9 Å². The third kappa shape index (κ3) is 4.34. The first-order valence-corrected chi connectivity index (χ1v) is 10.2. The molecule has 0 spiro atoms. The van der Waals surface area contributed by atoms with E-state index in [0.717, 1.165) is 29.5 Å². The third-order valence-electron chi connectivity index (χ3n) is 4.72. The number of pyridine rings is 1. The molecule has 0 saturated carbocycles. The van der Waals surface area contributed by atoms with Crippen molar-refractivity contribution in [1.29, 1.82) is 0 Å². The summed E-state index contributed by atoms with van der Waals surface area (Å²) >= 11 is 1.42. The van der Waals surface area contributed by atoms with Crippen molar-refractivity contribution in [2.24, 2.45) is 0 Å². The molecule has 1 aromatic carbocycles. The molecule has 3 aromatic rings. The summed E-state index contributed by atoms with van der Waals surface area (Å²) in [7, 11) is 0. The number of carbonyl (C=O) groups is 1. The zero-order valence-corrected chi connectivity index (χ0v) is 15.9. The number of nitrogens with zero attached hydrogens (tertiary/aromatic N) is 3. The topological polar surface area (TPSA) is 58.1 Å². The Labute approximate surface area is 163 Å². The van der Waals surface area contributed by atoms with Gasteiger partial charge in [0.15, 0.2) is 0 Å². The second-order valence-electron chi connectivity index (χ2n) is 6.66. The van der Waals surface area contributed by atoms with Crippen LogP contribution >= 0.6 is 11.3 Å². The molecule has 2 aromatic heterocycles. The minimum atomic E-state index is -0.198. The number of hydrogen-bond donors (Lipinski definition) is 1. The predicted octanol–water partition coefficient (Wildman–Crippen LogP) is 4.84. The molecule has 1 fully saturated rings. The van der Waals surface area contributed by atoms with Crippen molar-refractivity contribution in [1.82, 2.24) is 9.97 Å². The third-order valence-corrected chi connectivity index (χ3v) is 5.58. The fraction of sp³-hybridized carbons (Fsp3) is 0.286. The van der Waals surface area contributed by atoms with Gasteiger partial charge in [-0.05, 0) is 49.2 Å². The summed E-state index contributed by atoms with van der Waals surface area (Å²) in [6.45, 7) is 2.22. The zero-order chi connectivity index (χ0) is 18.5. The fourth-order valence-corrected chi connectivity index (χ4v) is 4.04. The highest BCUT2D eigenvalue weighted by Crippen LogP contribution is 2.24. The van der Waals surface area contributed by atoms with Crippen LogP contribution in [0.1, 0.15) is 36.2 Å². The van der Waals surface area contributed by atoms with Crippen LogP contribution in [-0.2, 0) is 0 Å². The van der Waals surface area contributed by atoms with Crippen molar-refractivity contribution in [2.45, 2.75) is 25.7 Å². The Hall–Kier alpha value is -2.73. The monoisotopic (exact) mass is 378 g/mol. The summed E-state index contributed by atoms with van der Waals surface area (Å²) < 4.78 is 0. The Kier molecular flexibility index (Phi) is 5.44. The van der Waals surface area contributed by atoms with Crippen molar-refractivity contribution >= 4 is 28.6 Å². The normalized spacial score (nSPS) is 14.6. The highest BCUT2D eigenvalue weighted by Gasteiger charge is 2.14. The van der Waals surface area contributed by atoms with Gasteiger partial charge in [-0.25, -0.2) is 4.98 Å². The number of thiazole rings is 1. The molecule has 0 radical (unpaired) electrons. The maximum absolute atomic E-state index is 12.5. The number of benzene rings is 1. The van der Waals surface area contributed by atoms with Gasteiger partial charge in [0.1, 0.15) is 10.7 Å². The van der Waals surface area contributed by atoms with Gasteiger partial charge in [-0.2, -0.15) is 0 Å². The van der Waals surface area contributed by atoms with E-state index in [1.807, 2.05) is 30.3 Å². The van der Waals surface area contributed by atoms with Gasteiger partial charge in [0.25, 0.3) is 5.91 Å². The van der Waals surface area contributed by atoms with Gasteiger partial charge in [0, 0.05) is 36.0 Å². The molecular formula is C21H22N4OS. The van der Waals surface area contributed by atoms with Gasteiger partial charge in [-0.15, -0.1) is 11.3 Å². The number of aromatic nitrogens is 2. The molecule has 0 unspecified atom stereocenters. The standard InChI is InChI=1S/C21H22N4OS/c26-20(19-15-27-21(24-19)18-7-3-4-12-22-18)23-16-8-10-17(11-9-16)25-13-5-1-2-6-14-25/h3-4,7-12,15H,1-2,5-6,13-14H2,(H,23,26). The average molecular weight is 379 g/mol. The van der Waals surface area contributed by atoms with Crippen LogP contribution in [0, 0.1) is 0 Å². The molecule has 0 atom stereocenters. The number of carbonyl (C=O) groups excluding carboxylic acids is 1. The fourth-order valence-electron chi connectivity index (χ4n) is 3.26. The van der Waals surface area contributed by atoms with Gasteiger partial charge in [-0.3, -0.25) is 9.78 Å². The van der Waals surface area contributed by atoms with E-state index in [-0.39, 0.29) is 5.91 Å². The summed E-state index contributed by atoms with van der Waals surface area (Å²) in [5, 5.41) is 5.45. The summed E-state index contributed by atoms with van der Waals surface area (Å²) in [5.41, 5.74) is 3.20. The molecule has 3 heterocycles. The molecule has 1 saturated heterocycles. The Morgan fingerprint density at radius 3 is 2.48 bits per heavy atom. The lowest BCUT2D eigenvalue weighted by Gasteiger charge is -2.22. The van der Waals surface area contributed by atoms with Crippen molar-refractivity contribution in [3.05, 3.63) is 59.7 Å². The van der Waals surface area contributed by atoms with Crippen molar-refractivity contribution in [3.8, 4) is 10.7 Å². The molecule has 0 bridgehead atoms. The number of anilines is 2. The highest BCUT2D eigenvalue weighted by molar-refractivity contribution is 7.13. The van der Waals surface area contributed by atoms with Crippen LogP contribution in [0.2, 0.25) is 0 Å². The lowest BCUT2D eigenvalue weighted by atomic mass is 10.2. The van der Waals surface area contributed by atoms with Crippen molar-refractivity contribution in [2.75, 3.05) is 23.3 Å². The highest BCUT2D eigenvalue weighted by atomic mass is 32.1. The first-order chi connectivity index (χ1) is 13.3. The van der Waals surface area contributed by atoms with Crippen molar-refractivity contribution < 1.29 is 4.79 Å². The molecule has 27 heavy (non-hydrogen) atoms. The van der Waals surface area contributed by atoms with Crippen LogP contribution in [0.25, 0.3) is 10.7 Å². The van der Waals surface area contributed by atoms with Crippen LogP contribution in [0.5, 0.6) is 0 Å². The molecular weight excluding hydrogens is 356 g/mol. The average Bonchev–Trinajstić information content (AvgIpc) is 3.06. The van der Waals surface area contributed by atoms with Crippen LogP contribution in [-0.4, -0.2) is 29.0 Å². The van der Waals surface area contributed by atoms with E-state index in [1.165, 1.54) is 42.7 Å². The van der Waals surface area contributed by atoms with E-state index >= 15 is 0 Å². The van der Waals surface area contributed by atoms with Gasteiger partial charge in [0.2, 0.25) is 0 Å². The van der Waals surface area contributed by atoms with E-state index in [9.17, 15) is 4.79 Å². The summed E-state index contributed by atoms with van der Waals surface area (Å²) in [5.74, 6) is -0.198. The first kappa shape index (κ1) is 17.7. The first-order valence-electron chi connectivity index (χ1n) is 9.33. The van der Waals surface area contributed by atoms with Gasteiger partial charge >= 0.3 is 0 Å². The molecule has 1 aliphatic heterocycles. The lowest BCUT2D eigenvalue weighted by molar-refractivity contribution is 0.102. The van der Waals surface area contributed by atoms with E-state index in [2.05, 4.69) is 32.3 Å². The molecule has 0 aliphatic carbocycles. The Morgan fingerprint density at radius 2 is 1.78 bits per heavy atom. The zero-order valence-electron chi connectivity index (χ0n) is 15.1.